The SMILES string of the molecule is CCC(C)n1nc(CCC(C)C)n(Cc2ccc(-c3ccccc3-c3nnn[nH]3)cc2)c1=O. The Hall–Kier alpha value is -3.55. The molecular weight excluding hydrogens is 414 g/mol. The van der Waals surface area contributed by atoms with Crippen molar-refractivity contribution in [1.82, 2.24) is 35.0 Å². The number of aromatic amines is 1. The van der Waals surface area contributed by atoms with Crippen LogP contribution in [0.2, 0.25) is 0 Å². The summed E-state index contributed by atoms with van der Waals surface area (Å²) in [4.78, 5) is 13.1. The second-order valence-electron chi connectivity index (χ2n) is 8.91. The van der Waals surface area contributed by atoms with Gasteiger partial charge in [-0.05, 0) is 52.8 Å². The fraction of sp³-hybridized carbons (Fsp3) is 0.400. The van der Waals surface area contributed by atoms with E-state index in [1.807, 2.05) is 29.7 Å². The fourth-order valence-corrected chi connectivity index (χ4v) is 3.86. The lowest BCUT2D eigenvalue weighted by Gasteiger charge is -2.10. The van der Waals surface area contributed by atoms with Crippen molar-refractivity contribution in [3.05, 3.63) is 70.4 Å². The minimum absolute atomic E-state index is 0.0321. The third-order valence-corrected chi connectivity index (χ3v) is 6.05. The van der Waals surface area contributed by atoms with Gasteiger partial charge in [0, 0.05) is 12.0 Å². The summed E-state index contributed by atoms with van der Waals surface area (Å²) < 4.78 is 3.48. The molecule has 0 aliphatic heterocycles. The number of H-pyrrole nitrogens is 1. The summed E-state index contributed by atoms with van der Waals surface area (Å²) in [5.41, 5.74) is 4.08. The number of hydrogen-bond donors (Lipinski definition) is 1. The van der Waals surface area contributed by atoms with E-state index in [1.54, 1.807) is 4.68 Å². The summed E-state index contributed by atoms with van der Waals surface area (Å²) in [6, 6.07) is 16.4. The molecule has 0 radical (unpaired) electrons. The van der Waals surface area contributed by atoms with Crippen molar-refractivity contribution in [2.75, 3.05) is 0 Å². The van der Waals surface area contributed by atoms with E-state index >= 15 is 0 Å². The molecule has 1 atom stereocenters. The van der Waals surface area contributed by atoms with Crippen LogP contribution >= 0.6 is 0 Å². The van der Waals surface area contributed by atoms with Gasteiger partial charge in [-0.3, -0.25) is 4.57 Å². The molecule has 1 N–H and O–H groups in total. The van der Waals surface area contributed by atoms with Crippen LogP contribution in [0.25, 0.3) is 22.5 Å². The van der Waals surface area contributed by atoms with Crippen LogP contribution in [0, 0.1) is 5.92 Å². The maximum atomic E-state index is 13.1. The Bertz CT molecular complexity index is 1240. The van der Waals surface area contributed by atoms with E-state index in [-0.39, 0.29) is 11.7 Å². The Kier molecular flexibility index (Phi) is 6.82. The lowest BCUT2D eigenvalue weighted by Crippen LogP contribution is -2.27. The Morgan fingerprint density at radius 1 is 1.00 bits per heavy atom. The largest absolute Gasteiger partial charge is 0.346 e. The molecule has 0 spiro atoms. The predicted molar refractivity (Wildman–Crippen MR) is 129 cm³/mol. The number of aromatic nitrogens is 7. The summed E-state index contributed by atoms with van der Waals surface area (Å²) in [5, 5.41) is 19.0. The number of rotatable bonds is 9. The maximum Gasteiger partial charge on any atom is 0.346 e. The van der Waals surface area contributed by atoms with E-state index < -0.39 is 0 Å². The second kappa shape index (κ2) is 9.94. The summed E-state index contributed by atoms with van der Waals surface area (Å²) in [7, 11) is 0. The van der Waals surface area contributed by atoms with Crippen LogP contribution in [0.5, 0.6) is 0 Å². The summed E-state index contributed by atoms with van der Waals surface area (Å²) in [6.45, 7) is 9.02. The average molecular weight is 446 g/mol. The normalized spacial score (nSPS) is 12.4. The highest BCUT2D eigenvalue weighted by atomic mass is 16.2. The standard InChI is InChI=1S/C25H31N7O/c1-5-18(4)32-25(33)31(23(28-32)15-10-17(2)3)16-19-11-13-20(14-12-19)21-8-6-7-9-22(21)24-26-29-30-27-24/h6-9,11-14,17-18H,5,10,15-16H2,1-4H3,(H,26,27,29,30). The molecule has 172 valence electrons. The van der Waals surface area contributed by atoms with Crippen molar-refractivity contribution in [2.24, 2.45) is 5.92 Å². The topological polar surface area (TPSA) is 94.3 Å². The van der Waals surface area contributed by atoms with Crippen LogP contribution in [-0.2, 0) is 13.0 Å². The molecule has 2 aromatic heterocycles. The lowest BCUT2D eigenvalue weighted by atomic mass is 9.98. The first kappa shape index (κ1) is 22.6. The lowest BCUT2D eigenvalue weighted by molar-refractivity contribution is 0.455. The molecule has 0 bridgehead atoms. The van der Waals surface area contributed by atoms with Crippen LogP contribution < -0.4 is 5.69 Å². The van der Waals surface area contributed by atoms with Crippen LogP contribution in [0.3, 0.4) is 0 Å². The van der Waals surface area contributed by atoms with Crippen molar-refractivity contribution in [2.45, 2.75) is 59.5 Å². The molecule has 2 heterocycles. The van der Waals surface area contributed by atoms with Gasteiger partial charge in [0.25, 0.3) is 0 Å². The fourth-order valence-electron chi connectivity index (χ4n) is 3.86. The van der Waals surface area contributed by atoms with E-state index in [0.29, 0.717) is 18.3 Å². The molecule has 0 aliphatic rings. The third-order valence-electron chi connectivity index (χ3n) is 6.05. The van der Waals surface area contributed by atoms with Gasteiger partial charge in [0.15, 0.2) is 5.82 Å². The zero-order valence-corrected chi connectivity index (χ0v) is 19.7. The van der Waals surface area contributed by atoms with E-state index in [0.717, 1.165) is 47.3 Å². The average Bonchev–Trinajstić information content (AvgIpc) is 3.47. The molecule has 8 nitrogen and oxygen atoms in total. The summed E-state index contributed by atoms with van der Waals surface area (Å²) >= 11 is 0. The molecule has 0 saturated heterocycles. The minimum atomic E-state index is -0.0321. The molecule has 4 aromatic rings. The number of hydrogen-bond acceptors (Lipinski definition) is 5. The second-order valence-corrected chi connectivity index (χ2v) is 8.91. The highest BCUT2D eigenvalue weighted by Crippen LogP contribution is 2.29. The molecule has 0 saturated carbocycles. The zero-order valence-electron chi connectivity index (χ0n) is 19.7. The van der Waals surface area contributed by atoms with Crippen LogP contribution in [0.4, 0.5) is 0 Å². The van der Waals surface area contributed by atoms with Gasteiger partial charge < -0.3 is 0 Å². The van der Waals surface area contributed by atoms with Crippen LogP contribution in [0.1, 0.15) is 58.0 Å². The molecule has 0 fully saturated rings. The first-order valence-corrected chi connectivity index (χ1v) is 11.6. The molecule has 8 heteroatoms. The van der Waals surface area contributed by atoms with E-state index in [2.05, 4.69) is 71.7 Å². The molecule has 0 aliphatic carbocycles. The van der Waals surface area contributed by atoms with Gasteiger partial charge in [-0.15, -0.1) is 5.10 Å². The van der Waals surface area contributed by atoms with Gasteiger partial charge in [-0.25, -0.2) is 14.6 Å². The first-order valence-electron chi connectivity index (χ1n) is 11.6. The number of benzene rings is 2. The minimum Gasteiger partial charge on any atom is -0.274 e. The van der Waals surface area contributed by atoms with Crippen molar-refractivity contribution < 1.29 is 0 Å². The van der Waals surface area contributed by atoms with Crippen LogP contribution in [0.15, 0.2) is 53.3 Å². The maximum absolute atomic E-state index is 13.1. The quantitative estimate of drug-likeness (QED) is 0.409. The smallest absolute Gasteiger partial charge is 0.274 e. The van der Waals surface area contributed by atoms with Gasteiger partial charge >= 0.3 is 5.69 Å². The Morgan fingerprint density at radius 3 is 2.36 bits per heavy atom. The van der Waals surface area contributed by atoms with Crippen molar-refractivity contribution in [3.63, 3.8) is 0 Å². The number of nitrogens with one attached hydrogen (secondary N) is 1. The van der Waals surface area contributed by atoms with Gasteiger partial charge in [0.1, 0.15) is 5.82 Å². The molecule has 2 aromatic carbocycles. The number of aryl methyl sites for hydroxylation is 1. The van der Waals surface area contributed by atoms with Gasteiger partial charge in [-0.1, -0.05) is 69.3 Å². The Morgan fingerprint density at radius 2 is 1.73 bits per heavy atom. The number of tetrazole rings is 1. The monoisotopic (exact) mass is 445 g/mol. The number of nitrogens with zero attached hydrogens (tertiary/aromatic N) is 6. The first-order chi connectivity index (χ1) is 16.0. The third kappa shape index (κ3) is 4.94. The molecule has 0 amide bonds. The van der Waals surface area contributed by atoms with Gasteiger partial charge in [-0.2, -0.15) is 5.10 Å². The van der Waals surface area contributed by atoms with E-state index in [9.17, 15) is 4.79 Å². The molecule has 4 rings (SSSR count). The van der Waals surface area contributed by atoms with Crippen LogP contribution in [-0.4, -0.2) is 35.0 Å². The Labute approximate surface area is 193 Å². The highest BCUT2D eigenvalue weighted by Gasteiger charge is 2.17. The van der Waals surface area contributed by atoms with E-state index in [1.165, 1.54) is 0 Å². The molecular formula is C25H31N7O. The summed E-state index contributed by atoms with van der Waals surface area (Å²) in [6.07, 6.45) is 2.67. The van der Waals surface area contributed by atoms with Crippen molar-refractivity contribution in [1.29, 1.82) is 0 Å². The zero-order chi connectivity index (χ0) is 23.4. The van der Waals surface area contributed by atoms with Crippen molar-refractivity contribution in [3.8, 4) is 22.5 Å². The van der Waals surface area contributed by atoms with Gasteiger partial charge in [0.05, 0.1) is 12.6 Å². The van der Waals surface area contributed by atoms with Crippen molar-refractivity contribution >= 4 is 0 Å². The Balaban J connectivity index is 1.63. The summed E-state index contributed by atoms with van der Waals surface area (Å²) in [5.74, 6) is 2.05. The highest BCUT2D eigenvalue weighted by molar-refractivity contribution is 5.80. The predicted octanol–water partition coefficient (Wildman–Crippen LogP) is 4.50. The van der Waals surface area contributed by atoms with E-state index in [4.69, 9.17) is 5.10 Å². The molecule has 1 unspecified atom stereocenters. The van der Waals surface area contributed by atoms with Gasteiger partial charge in [0.2, 0.25) is 0 Å². The molecule has 33 heavy (non-hydrogen) atoms.